The van der Waals surface area contributed by atoms with Crippen LogP contribution in [0.3, 0.4) is 0 Å². The highest BCUT2D eigenvalue weighted by atomic mass is 19.1. The Hall–Kier alpha value is -1.78. The van der Waals surface area contributed by atoms with E-state index in [4.69, 9.17) is 5.11 Å². The van der Waals surface area contributed by atoms with Crippen molar-refractivity contribution >= 4 is 11.8 Å². The molecule has 1 aromatic carbocycles. The molecule has 0 aliphatic rings. The quantitative estimate of drug-likeness (QED) is 0.741. The molecule has 1 aromatic rings. The minimum absolute atomic E-state index is 0.427. The van der Waals surface area contributed by atoms with Crippen LogP contribution in [-0.4, -0.2) is 16.9 Å². The van der Waals surface area contributed by atoms with Crippen molar-refractivity contribution in [3.8, 4) is 0 Å². The highest BCUT2D eigenvalue weighted by Crippen LogP contribution is 2.17. The third-order valence-electron chi connectivity index (χ3n) is 1.68. The number of carbonyl (C=O) groups is 2. The van der Waals surface area contributed by atoms with Gasteiger partial charge in [0.05, 0.1) is 5.56 Å². The lowest BCUT2D eigenvalue weighted by atomic mass is 10.1. The molecule has 0 spiro atoms. The Labute approximate surface area is 78.0 Å². The number of aromatic carboxylic acids is 1. The minimum Gasteiger partial charge on any atom is -0.477 e. The van der Waals surface area contributed by atoms with Crippen LogP contribution >= 0.6 is 0 Å². The summed E-state index contributed by atoms with van der Waals surface area (Å²) < 4.78 is 26.0. The fraction of sp³-hybridized carbons (Fsp3) is 0.111. The summed E-state index contributed by atoms with van der Waals surface area (Å²) in [5, 5.41) is 8.46. The largest absolute Gasteiger partial charge is 0.477 e. The molecular formula is C9H6F2O3. The molecule has 0 saturated carbocycles. The van der Waals surface area contributed by atoms with Crippen LogP contribution in [0.5, 0.6) is 0 Å². The maximum Gasteiger partial charge on any atom is 0.341 e. The van der Waals surface area contributed by atoms with Crippen molar-refractivity contribution in [1.82, 2.24) is 0 Å². The fourth-order valence-electron chi connectivity index (χ4n) is 1.02. The zero-order chi connectivity index (χ0) is 10.9. The van der Waals surface area contributed by atoms with Crippen LogP contribution in [0.4, 0.5) is 8.78 Å². The number of carboxylic acids is 1. The van der Waals surface area contributed by atoms with Gasteiger partial charge in [0.1, 0.15) is 11.4 Å². The molecule has 0 aliphatic carbocycles. The van der Waals surface area contributed by atoms with Gasteiger partial charge in [0, 0.05) is 0 Å². The monoisotopic (exact) mass is 200 g/mol. The summed E-state index contributed by atoms with van der Waals surface area (Å²) in [6.45, 7) is 1.07. The van der Waals surface area contributed by atoms with Gasteiger partial charge in [-0.1, -0.05) is 0 Å². The third kappa shape index (κ3) is 1.61. The molecule has 0 saturated heterocycles. The van der Waals surface area contributed by atoms with Gasteiger partial charge < -0.3 is 5.11 Å². The third-order valence-corrected chi connectivity index (χ3v) is 1.68. The molecule has 0 aliphatic heterocycles. The fourth-order valence-corrected chi connectivity index (χ4v) is 1.02. The van der Waals surface area contributed by atoms with Gasteiger partial charge in [-0.15, -0.1) is 0 Å². The summed E-state index contributed by atoms with van der Waals surface area (Å²) in [5.41, 5.74) is -1.53. The van der Waals surface area contributed by atoms with E-state index in [0.29, 0.717) is 0 Å². The van der Waals surface area contributed by atoms with Gasteiger partial charge in [0.15, 0.2) is 11.6 Å². The van der Waals surface area contributed by atoms with Gasteiger partial charge in [-0.3, -0.25) is 4.79 Å². The average molecular weight is 200 g/mol. The zero-order valence-electron chi connectivity index (χ0n) is 7.17. The molecular weight excluding hydrogens is 194 g/mol. The van der Waals surface area contributed by atoms with Crippen molar-refractivity contribution in [3.05, 3.63) is 34.9 Å². The van der Waals surface area contributed by atoms with Crippen LogP contribution in [0.2, 0.25) is 0 Å². The summed E-state index contributed by atoms with van der Waals surface area (Å²) in [5.74, 6) is -4.90. The Balaban J connectivity index is 3.49. The lowest BCUT2D eigenvalue weighted by Gasteiger charge is -2.02. The van der Waals surface area contributed by atoms with Gasteiger partial charge in [-0.05, 0) is 19.1 Å². The van der Waals surface area contributed by atoms with Crippen molar-refractivity contribution in [3.63, 3.8) is 0 Å². The zero-order valence-corrected chi connectivity index (χ0v) is 7.17. The predicted octanol–water partition coefficient (Wildman–Crippen LogP) is 1.87. The van der Waals surface area contributed by atoms with Crippen LogP contribution in [0.1, 0.15) is 27.6 Å². The first-order chi connectivity index (χ1) is 6.45. The van der Waals surface area contributed by atoms with E-state index in [9.17, 15) is 18.4 Å². The average Bonchev–Trinajstić information content (AvgIpc) is 2.02. The van der Waals surface area contributed by atoms with Crippen LogP contribution in [0.15, 0.2) is 12.1 Å². The minimum atomic E-state index is -1.73. The summed E-state index contributed by atoms with van der Waals surface area (Å²) in [4.78, 5) is 21.2. The lowest BCUT2D eigenvalue weighted by molar-refractivity contribution is 0.0686. The second kappa shape index (κ2) is 3.53. The Kier molecular flexibility index (Phi) is 2.60. The normalized spacial score (nSPS) is 9.93. The van der Waals surface area contributed by atoms with Gasteiger partial charge in [-0.25, -0.2) is 13.6 Å². The lowest BCUT2D eigenvalue weighted by Crippen LogP contribution is -2.09. The molecule has 0 atom stereocenters. The van der Waals surface area contributed by atoms with Crippen molar-refractivity contribution < 1.29 is 23.5 Å². The Morgan fingerprint density at radius 3 is 2.29 bits per heavy atom. The summed E-state index contributed by atoms with van der Waals surface area (Å²) >= 11 is 0. The molecule has 0 heterocycles. The summed E-state index contributed by atoms with van der Waals surface area (Å²) in [6.07, 6.45) is 0. The van der Waals surface area contributed by atoms with E-state index < -0.39 is 34.5 Å². The second-order valence-corrected chi connectivity index (χ2v) is 2.65. The molecule has 1 N–H and O–H groups in total. The Morgan fingerprint density at radius 2 is 1.86 bits per heavy atom. The van der Waals surface area contributed by atoms with E-state index in [1.54, 1.807) is 0 Å². The number of hydrogen-bond acceptors (Lipinski definition) is 2. The van der Waals surface area contributed by atoms with Gasteiger partial charge in [0.25, 0.3) is 0 Å². The van der Waals surface area contributed by atoms with Gasteiger partial charge >= 0.3 is 5.97 Å². The molecule has 0 unspecified atom stereocenters. The number of rotatable bonds is 2. The molecule has 5 heteroatoms. The van der Waals surface area contributed by atoms with E-state index in [1.165, 1.54) is 0 Å². The molecule has 0 amide bonds. The molecule has 0 aromatic heterocycles. The van der Waals surface area contributed by atoms with E-state index >= 15 is 0 Å². The number of carbonyl (C=O) groups excluding carboxylic acids is 1. The first-order valence-electron chi connectivity index (χ1n) is 3.67. The van der Waals surface area contributed by atoms with Crippen LogP contribution in [0, 0.1) is 11.6 Å². The van der Waals surface area contributed by atoms with E-state index in [2.05, 4.69) is 0 Å². The van der Waals surface area contributed by atoms with Gasteiger partial charge in [-0.2, -0.15) is 0 Å². The van der Waals surface area contributed by atoms with E-state index in [1.807, 2.05) is 0 Å². The summed E-state index contributed by atoms with van der Waals surface area (Å²) in [7, 11) is 0. The van der Waals surface area contributed by atoms with Crippen LogP contribution in [0.25, 0.3) is 0 Å². The topological polar surface area (TPSA) is 54.4 Å². The van der Waals surface area contributed by atoms with Crippen molar-refractivity contribution in [2.24, 2.45) is 0 Å². The molecule has 0 fully saturated rings. The number of benzene rings is 1. The molecule has 0 bridgehead atoms. The number of carboxylic acid groups (broad SMARTS) is 1. The number of hydrogen-bond donors (Lipinski definition) is 1. The SMILES string of the molecule is CC(=O)c1ccc(F)c(C(=O)O)c1F. The number of halogens is 2. The molecule has 0 radical (unpaired) electrons. The molecule has 1 rings (SSSR count). The number of Topliss-reactive ketones (excluding diaryl/α,β-unsaturated/α-hetero) is 1. The first kappa shape index (κ1) is 10.3. The second-order valence-electron chi connectivity index (χ2n) is 2.65. The van der Waals surface area contributed by atoms with Crippen LogP contribution in [-0.2, 0) is 0 Å². The molecule has 14 heavy (non-hydrogen) atoms. The Bertz CT molecular complexity index is 413. The molecule has 3 nitrogen and oxygen atoms in total. The Morgan fingerprint density at radius 1 is 1.29 bits per heavy atom. The van der Waals surface area contributed by atoms with Crippen LogP contribution < -0.4 is 0 Å². The standard InChI is InChI=1S/C9H6F2O3/c1-4(12)5-2-3-6(10)7(8(5)11)9(13)14/h2-3H,1H3,(H,13,14). The van der Waals surface area contributed by atoms with Gasteiger partial charge in [0.2, 0.25) is 0 Å². The molecule has 74 valence electrons. The first-order valence-corrected chi connectivity index (χ1v) is 3.67. The van der Waals surface area contributed by atoms with Crippen molar-refractivity contribution in [2.75, 3.05) is 0 Å². The smallest absolute Gasteiger partial charge is 0.341 e. The summed E-state index contributed by atoms with van der Waals surface area (Å²) in [6, 6.07) is 1.67. The van der Waals surface area contributed by atoms with Crippen molar-refractivity contribution in [1.29, 1.82) is 0 Å². The van der Waals surface area contributed by atoms with Crippen molar-refractivity contribution in [2.45, 2.75) is 6.92 Å². The highest BCUT2D eigenvalue weighted by Gasteiger charge is 2.21. The van der Waals surface area contributed by atoms with E-state index in [-0.39, 0.29) is 0 Å². The predicted molar refractivity (Wildman–Crippen MR) is 43.3 cm³/mol. The number of ketones is 1. The highest BCUT2D eigenvalue weighted by molar-refractivity contribution is 5.97. The van der Waals surface area contributed by atoms with E-state index in [0.717, 1.165) is 19.1 Å². The maximum absolute atomic E-state index is 13.2. The maximum atomic E-state index is 13.2.